The Morgan fingerprint density at radius 1 is 1.04 bits per heavy atom. The van der Waals surface area contributed by atoms with E-state index in [0.29, 0.717) is 5.95 Å². The number of rotatable bonds is 7. The molecule has 5 nitrogen and oxygen atoms in total. The molecule has 0 aliphatic rings. The van der Waals surface area contributed by atoms with Crippen LogP contribution in [0.25, 0.3) is 0 Å². The van der Waals surface area contributed by atoms with Gasteiger partial charge in [-0.2, -0.15) is 4.98 Å². The Hall–Kier alpha value is -3.08. The van der Waals surface area contributed by atoms with Crippen LogP contribution in [0.5, 0.6) is 5.75 Å². The Balaban J connectivity index is 1.81. The van der Waals surface area contributed by atoms with Crippen molar-refractivity contribution >= 4 is 17.5 Å². The molecule has 0 saturated carbocycles. The maximum absolute atomic E-state index is 5.27. The summed E-state index contributed by atoms with van der Waals surface area (Å²) < 4.78 is 5.27. The maximum atomic E-state index is 5.27. The van der Waals surface area contributed by atoms with Crippen LogP contribution in [0.15, 0.2) is 66.9 Å². The van der Waals surface area contributed by atoms with Crippen molar-refractivity contribution < 1.29 is 4.74 Å². The molecule has 0 fully saturated rings. The zero-order valence-corrected chi connectivity index (χ0v) is 15.4. The molecule has 3 aromatic rings. The fourth-order valence-corrected chi connectivity index (χ4v) is 2.67. The van der Waals surface area contributed by atoms with Crippen molar-refractivity contribution in [3.8, 4) is 5.75 Å². The summed E-state index contributed by atoms with van der Waals surface area (Å²) in [6.07, 6.45) is 1.78. The normalized spacial score (nSPS) is 10.6. The molecule has 1 heterocycles. The summed E-state index contributed by atoms with van der Waals surface area (Å²) in [4.78, 5) is 11.4. The third-order valence-electron chi connectivity index (χ3n) is 4.06. The second-order valence-corrected chi connectivity index (χ2v) is 6.31. The first-order chi connectivity index (χ1) is 12.7. The second kappa shape index (κ2) is 8.34. The van der Waals surface area contributed by atoms with Crippen molar-refractivity contribution in [1.82, 2.24) is 9.97 Å². The van der Waals surface area contributed by atoms with Gasteiger partial charge in [-0.05, 0) is 37.6 Å². The summed E-state index contributed by atoms with van der Waals surface area (Å²) in [5.41, 5.74) is 2.16. The molecule has 0 spiro atoms. The lowest BCUT2D eigenvalue weighted by Gasteiger charge is -2.27. The first-order valence-electron chi connectivity index (χ1n) is 8.70. The van der Waals surface area contributed by atoms with E-state index >= 15 is 0 Å². The highest BCUT2D eigenvalue weighted by Gasteiger charge is 2.14. The smallest absolute Gasteiger partial charge is 0.227 e. The Morgan fingerprint density at radius 2 is 1.85 bits per heavy atom. The minimum Gasteiger partial charge on any atom is -0.497 e. The zero-order valence-electron chi connectivity index (χ0n) is 15.4. The van der Waals surface area contributed by atoms with Gasteiger partial charge in [0.25, 0.3) is 0 Å². The van der Waals surface area contributed by atoms with E-state index in [0.717, 1.165) is 23.8 Å². The Morgan fingerprint density at radius 3 is 2.58 bits per heavy atom. The average Bonchev–Trinajstić information content (AvgIpc) is 2.67. The Labute approximate surface area is 154 Å². The van der Waals surface area contributed by atoms with Gasteiger partial charge in [-0.1, -0.05) is 36.4 Å². The molecular formula is C21H24N4O. The van der Waals surface area contributed by atoms with Gasteiger partial charge in [0, 0.05) is 30.5 Å². The summed E-state index contributed by atoms with van der Waals surface area (Å²) in [7, 11) is 1.66. The predicted octanol–water partition coefficient (Wildman–Crippen LogP) is 4.64. The molecule has 2 aromatic carbocycles. The van der Waals surface area contributed by atoms with Crippen LogP contribution >= 0.6 is 0 Å². The van der Waals surface area contributed by atoms with Gasteiger partial charge in [-0.15, -0.1) is 0 Å². The highest BCUT2D eigenvalue weighted by Crippen LogP contribution is 2.22. The van der Waals surface area contributed by atoms with Crippen LogP contribution in [0.2, 0.25) is 0 Å². The topological polar surface area (TPSA) is 50.3 Å². The van der Waals surface area contributed by atoms with Crippen LogP contribution in [-0.2, 0) is 6.54 Å². The molecule has 0 aliphatic carbocycles. The van der Waals surface area contributed by atoms with Gasteiger partial charge in [-0.3, -0.25) is 0 Å². The number of nitrogens with one attached hydrogen (secondary N) is 1. The zero-order chi connectivity index (χ0) is 18.4. The van der Waals surface area contributed by atoms with Crippen LogP contribution in [0.1, 0.15) is 19.4 Å². The molecule has 1 aromatic heterocycles. The van der Waals surface area contributed by atoms with E-state index in [9.17, 15) is 0 Å². The number of benzene rings is 2. The number of aromatic nitrogens is 2. The Bertz CT molecular complexity index is 836. The quantitative estimate of drug-likeness (QED) is 0.674. The molecule has 5 heteroatoms. The maximum Gasteiger partial charge on any atom is 0.227 e. The third-order valence-corrected chi connectivity index (χ3v) is 4.06. The summed E-state index contributed by atoms with van der Waals surface area (Å²) in [6.45, 7) is 5.06. The molecule has 0 saturated heterocycles. The van der Waals surface area contributed by atoms with Gasteiger partial charge < -0.3 is 15.0 Å². The van der Waals surface area contributed by atoms with Crippen LogP contribution in [0.4, 0.5) is 17.5 Å². The van der Waals surface area contributed by atoms with Crippen molar-refractivity contribution in [2.24, 2.45) is 0 Å². The lowest BCUT2D eigenvalue weighted by atomic mass is 10.2. The molecule has 3 rings (SSSR count). The van der Waals surface area contributed by atoms with Crippen molar-refractivity contribution in [3.05, 3.63) is 72.4 Å². The fraction of sp³-hybridized carbons (Fsp3) is 0.238. The standard InChI is InChI=1S/C21H24N4O/c1-16(2)25(15-17-8-5-4-6-9-17)21-22-13-12-20(24-21)23-18-10-7-11-19(14-18)26-3/h4-14,16H,15H2,1-3H3,(H,22,23,24). The number of anilines is 3. The van der Waals surface area contributed by atoms with Gasteiger partial charge in [-0.25, -0.2) is 4.98 Å². The van der Waals surface area contributed by atoms with Crippen molar-refractivity contribution in [2.75, 3.05) is 17.3 Å². The lowest BCUT2D eigenvalue weighted by molar-refractivity contribution is 0.415. The van der Waals surface area contributed by atoms with Gasteiger partial charge in [0.2, 0.25) is 5.95 Å². The van der Waals surface area contributed by atoms with Gasteiger partial charge in [0.05, 0.1) is 7.11 Å². The van der Waals surface area contributed by atoms with Crippen molar-refractivity contribution in [1.29, 1.82) is 0 Å². The number of methoxy groups -OCH3 is 1. The van der Waals surface area contributed by atoms with Crippen LogP contribution < -0.4 is 15.0 Å². The summed E-state index contributed by atoms with van der Waals surface area (Å²) >= 11 is 0. The van der Waals surface area contributed by atoms with Gasteiger partial charge >= 0.3 is 0 Å². The van der Waals surface area contributed by atoms with E-state index in [1.807, 2.05) is 36.4 Å². The molecule has 1 N–H and O–H groups in total. The average molecular weight is 348 g/mol. The largest absolute Gasteiger partial charge is 0.497 e. The molecule has 0 aliphatic heterocycles. The Kier molecular flexibility index (Phi) is 5.69. The molecule has 26 heavy (non-hydrogen) atoms. The molecule has 134 valence electrons. The monoisotopic (exact) mass is 348 g/mol. The van der Waals surface area contributed by atoms with E-state index < -0.39 is 0 Å². The van der Waals surface area contributed by atoms with Crippen LogP contribution in [0, 0.1) is 0 Å². The SMILES string of the molecule is COc1cccc(Nc2ccnc(N(Cc3ccccc3)C(C)C)n2)c1. The minimum absolute atomic E-state index is 0.280. The lowest BCUT2D eigenvalue weighted by Crippen LogP contribution is -2.31. The van der Waals surface area contributed by atoms with E-state index in [-0.39, 0.29) is 6.04 Å². The molecule has 0 bridgehead atoms. The van der Waals surface area contributed by atoms with Crippen LogP contribution in [-0.4, -0.2) is 23.1 Å². The van der Waals surface area contributed by atoms with Gasteiger partial charge in [0.1, 0.15) is 11.6 Å². The number of nitrogens with zero attached hydrogens (tertiary/aromatic N) is 3. The third kappa shape index (κ3) is 4.51. The molecule has 0 unspecified atom stereocenters. The minimum atomic E-state index is 0.280. The van der Waals surface area contributed by atoms with Crippen molar-refractivity contribution in [2.45, 2.75) is 26.4 Å². The van der Waals surface area contributed by atoms with E-state index in [2.05, 4.69) is 53.3 Å². The summed E-state index contributed by atoms with van der Waals surface area (Å²) in [5.74, 6) is 2.26. The van der Waals surface area contributed by atoms with Crippen LogP contribution in [0.3, 0.4) is 0 Å². The van der Waals surface area contributed by atoms with E-state index in [1.165, 1.54) is 5.56 Å². The molecular weight excluding hydrogens is 324 g/mol. The van der Waals surface area contributed by atoms with E-state index in [4.69, 9.17) is 9.72 Å². The fourth-order valence-electron chi connectivity index (χ4n) is 2.67. The summed E-state index contributed by atoms with van der Waals surface area (Å²) in [5, 5.41) is 3.32. The molecule has 0 radical (unpaired) electrons. The first-order valence-corrected chi connectivity index (χ1v) is 8.70. The molecule has 0 amide bonds. The predicted molar refractivity (Wildman–Crippen MR) is 106 cm³/mol. The number of hydrogen-bond donors (Lipinski definition) is 1. The van der Waals surface area contributed by atoms with Crippen molar-refractivity contribution in [3.63, 3.8) is 0 Å². The highest BCUT2D eigenvalue weighted by atomic mass is 16.5. The number of hydrogen-bond acceptors (Lipinski definition) is 5. The van der Waals surface area contributed by atoms with Gasteiger partial charge in [0.15, 0.2) is 0 Å². The number of ether oxygens (including phenoxy) is 1. The second-order valence-electron chi connectivity index (χ2n) is 6.31. The first kappa shape index (κ1) is 17.7. The summed E-state index contributed by atoms with van der Waals surface area (Å²) in [6, 6.07) is 20.3. The van der Waals surface area contributed by atoms with E-state index in [1.54, 1.807) is 13.3 Å². The molecule has 0 atom stereocenters. The highest BCUT2D eigenvalue weighted by molar-refractivity contribution is 5.59.